The van der Waals surface area contributed by atoms with E-state index in [1.54, 1.807) is 24.3 Å². The van der Waals surface area contributed by atoms with Crippen LogP contribution < -0.4 is 15.2 Å². The molecule has 1 fully saturated rings. The minimum Gasteiger partial charge on any atom is -0.490 e. The Morgan fingerprint density at radius 1 is 1.33 bits per heavy atom. The van der Waals surface area contributed by atoms with Crippen LogP contribution in [0.4, 0.5) is 5.69 Å². The van der Waals surface area contributed by atoms with Crippen molar-refractivity contribution in [2.24, 2.45) is 0 Å². The van der Waals surface area contributed by atoms with Gasteiger partial charge in [-0.15, -0.1) is 0 Å². The first-order valence-corrected chi connectivity index (χ1v) is 8.62. The van der Waals surface area contributed by atoms with E-state index >= 15 is 0 Å². The van der Waals surface area contributed by atoms with Crippen LogP contribution in [-0.2, 0) is 14.8 Å². The molecule has 2 rings (SSSR count). The zero-order valence-electron chi connectivity index (χ0n) is 12.2. The number of para-hydroxylation sites is 2. The molecule has 0 amide bonds. The molecule has 0 aliphatic carbocycles. The van der Waals surface area contributed by atoms with E-state index in [4.69, 9.17) is 15.2 Å². The molecule has 0 radical (unpaired) electrons. The lowest BCUT2D eigenvalue weighted by molar-refractivity contribution is 0.0537. The number of benzene rings is 1. The number of nitrogens with two attached hydrogens (primary N) is 1. The molecule has 6 nitrogen and oxygen atoms in total. The van der Waals surface area contributed by atoms with E-state index in [9.17, 15) is 8.42 Å². The average Bonchev–Trinajstić information content (AvgIpc) is 2.40. The minimum atomic E-state index is -3.39. The molecule has 1 saturated heterocycles. The number of rotatable bonds is 6. The largest absolute Gasteiger partial charge is 0.490 e. The second kappa shape index (κ2) is 6.64. The van der Waals surface area contributed by atoms with E-state index in [2.05, 4.69) is 4.72 Å². The fraction of sp³-hybridized carbons (Fsp3) is 0.571. The van der Waals surface area contributed by atoms with Gasteiger partial charge in [-0.3, -0.25) is 0 Å². The van der Waals surface area contributed by atoms with Crippen LogP contribution in [0.25, 0.3) is 0 Å². The van der Waals surface area contributed by atoms with E-state index < -0.39 is 15.6 Å². The van der Waals surface area contributed by atoms with Crippen molar-refractivity contribution in [3.8, 4) is 5.75 Å². The van der Waals surface area contributed by atoms with Crippen LogP contribution in [0.1, 0.15) is 19.8 Å². The second-order valence-corrected chi connectivity index (χ2v) is 7.32. The minimum absolute atomic E-state index is 0.0656. The predicted octanol–water partition coefficient (Wildman–Crippen LogP) is 1.14. The summed E-state index contributed by atoms with van der Waals surface area (Å²) in [4.78, 5) is 0. The van der Waals surface area contributed by atoms with Gasteiger partial charge in [-0.05, 0) is 31.9 Å². The van der Waals surface area contributed by atoms with Gasteiger partial charge < -0.3 is 15.2 Å². The van der Waals surface area contributed by atoms with Crippen molar-refractivity contribution in [1.82, 2.24) is 4.72 Å². The lowest BCUT2D eigenvalue weighted by Gasteiger charge is -2.33. The SMILES string of the molecule is CC1(NS(=O)(=O)CCOc2ccccc2N)CCOCC1. The molecule has 21 heavy (non-hydrogen) atoms. The Bertz CT molecular complexity index is 568. The number of hydrogen-bond donors (Lipinski definition) is 2. The van der Waals surface area contributed by atoms with Crippen molar-refractivity contribution in [3.05, 3.63) is 24.3 Å². The second-order valence-electron chi connectivity index (χ2n) is 5.48. The van der Waals surface area contributed by atoms with Gasteiger partial charge in [0.05, 0.1) is 11.4 Å². The van der Waals surface area contributed by atoms with E-state index in [0.717, 1.165) is 0 Å². The van der Waals surface area contributed by atoms with Gasteiger partial charge in [0.25, 0.3) is 0 Å². The maximum Gasteiger partial charge on any atom is 0.215 e. The molecule has 1 aromatic carbocycles. The molecule has 1 aliphatic heterocycles. The maximum atomic E-state index is 12.1. The van der Waals surface area contributed by atoms with Gasteiger partial charge in [0, 0.05) is 18.8 Å². The van der Waals surface area contributed by atoms with Crippen molar-refractivity contribution in [2.45, 2.75) is 25.3 Å². The molecule has 0 unspecified atom stereocenters. The fourth-order valence-electron chi connectivity index (χ4n) is 2.22. The summed E-state index contributed by atoms with van der Waals surface area (Å²) in [7, 11) is -3.39. The third kappa shape index (κ3) is 4.87. The number of nitrogens with one attached hydrogen (secondary N) is 1. The average molecular weight is 314 g/mol. The lowest BCUT2D eigenvalue weighted by Crippen LogP contribution is -2.50. The Morgan fingerprint density at radius 3 is 2.67 bits per heavy atom. The van der Waals surface area contributed by atoms with E-state index in [1.807, 2.05) is 6.92 Å². The van der Waals surface area contributed by atoms with E-state index in [0.29, 0.717) is 37.5 Å². The number of ether oxygens (including phenoxy) is 2. The van der Waals surface area contributed by atoms with Gasteiger partial charge >= 0.3 is 0 Å². The van der Waals surface area contributed by atoms with Crippen molar-refractivity contribution in [1.29, 1.82) is 0 Å². The third-order valence-electron chi connectivity index (χ3n) is 3.53. The molecule has 0 bridgehead atoms. The molecule has 0 atom stereocenters. The molecule has 1 heterocycles. The Morgan fingerprint density at radius 2 is 2.00 bits per heavy atom. The summed E-state index contributed by atoms with van der Waals surface area (Å²) in [5.41, 5.74) is 5.81. The molecule has 0 aromatic heterocycles. The molecular weight excluding hydrogens is 292 g/mol. The van der Waals surface area contributed by atoms with Gasteiger partial charge in [0.1, 0.15) is 12.4 Å². The molecule has 0 saturated carbocycles. The van der Waals surface area contributed by atoms with Crippen LogP contribution in [0, 0.1) is 0 Å². The molecule has 1 aliphatic rings. The number of nitrogen functional groups attached to an aromatic ring is 1. The highest BCUT2D eigenvalue weighted by Crippen LogP contribution is 2.21. The van der Waals surface area contributed by atoms with Gasteiger partial charge in [-0.25, -0.2) is 13.1 Å². The van der Waals surface area contributed by atoms with E-state index in [-0.39, 0.29) is 12.4 Å². The van der Waals surface area contributed by atoms with Crippen molar-refractivity contribution in [2.75, 3.05) is 31.3 Å². The Balaban J connectivity index is 1.85. The molecule has 7 heteroatoms. The van der Waals surface area contributed by atoms with Gasteiger partial charge in [-0.2, -0.15) is 0 Å². The first kappa shape index (κ1) is 16.1. The van der Waals surface area contributed by atoms with Gasteiger partial charge in [-0.1, -0.05) is 12.1 Å². The summed E-state index contributed by atoms with van der Waals surface area (Å²) in [6, 6.07) is 7.02. The molecular formula is C14H22N2O4S. The standard InChI is InChI=1S/C14H22N2O4S/c1-14(6-8-19-9-7-14)16-21(17,18)11-10-20-13-5-3-2-4-12(13)15/h2-5,16H,6-11,15H2,1H3. The first-order chi connectivity index (χ1) is 9.90. The number of sulfonamides is 1. The Kier molecular flexibility index (Phi) is 5.08. The van der Waals surface area contributed by atoms with Crippen LogP contribution in [0.5, 0.6) is 5.75 Å². The monoisotopic (exact) mass is 314 g/mol. The first-order valence-electron chi connectivity index (χ1n) is 6.97. The molecule has 0 spiro atoms. The Labute approximate surface area is 125 Å². The summed E-state index contributed by atoms with van der Waals surface area (Å²) in [5.74, 6) is 0.405. The van der Waals surface area contributed by atoms with E-state index in [1.165, 1.54) is 0 Å². The molecule has 3 N–H and O–H groups in total. The summed E-state index contributed by atoms with van der Waals surface area (Å²) in [6.45, 7) is 3.13. The van der Waals surface area contributed by atoms with Crippen molar-refractivity contribution >= 4 is 15.7 Å². The molecule has 1 aromatic rings. The van der Waals surface area contributed by atoms with Crippen LogP contribution >= 0.6 is 0 Å². The van der Waals surface area contributed by atoms with Crippen LogP contribution in [-0.4, -0.2) is 39.5 Å². The third-order valence-corrected chi connectivity index (χ3v) is 5.03. The number of hydrogen-bond acceptors (Lipinski definition) is 5. The highest BCUT2D eigenvalue weighted by atomic mass is 32.2. The normalized spacial score (nSPS) is 18.3. The zero-order chi connectivity index (χ0) is 15.3. The summed E-state index contributed by atoms with van der Waals surface area (Å²) in [5, 5.41) is 0. The van der Waals surface area contributed by atoms with Crippen molar-refractivity contribution in [3.63, 3.8) is 0 Å². The predicted molar refractivity (Wildman–Crippen MR) is 81.7 cm³/mol. The summed E-state index contributed by atoms with van der Waals surface area (Å²) < 4.78 is 37.7. The highest BCUT2D eigenvalue weighted by molar-refractivity contribution is 7.89. The van der Waals surface area contributed by atoms with Crippen molar-refractivity contribution < 1.29 is 17.9 Å². The summed E-state index contributed by atoms with van der Waals surface area (Å²) in [6.07, 6.45) is 1.36. The fourth-order valence-corrected chi connectivity index (χ4v) is 3.58. The Hall–Kier alpha value is -1.31. The molecule has 118 valence electrons. The van der Waals surface area contributed by atoms with Crippen LogP contribution in [0.15, 0.2) is 24.3 Å². The lowest BCUT2D eigenvalue weighted by atomic mass is 9.94. The quantitative estimate of drug-likeness (QED) is 0.768. The number of anilines is 1. The smallest absolute Gasteiger partial charge is 0.215 e. The van der Waals surface area contributed by atoms with Crippen LogP contribution in [0.2, 0.25) is 0 Å². The topological polar surface area (TPSA) is 90.7 Å². The zero-order valence-corrected chi connectivity index (χ0v) is 13.0. The van der Waals surface area contributed by atoms with Crippen LogP contribution in [0.3, 0.4) is 0 Å². The highest BCUT2D eigenvalue weighted by Gasteiger charge is 2.31. The van der Waals surface area contributed by atoms with Gasteiger partial charge in [0.2, 0.25) is 10.0 Å². The summed E-state index contributed by atoms with van der Waals surface area (Å²) >= 11 is 0. The van der Waals surface area contributed by atoms with Gasteiger partial charge in [0.15, 0.2) is 0 Å². The maximum absolute atomic E-state index is 12.1.